The van der Waals surface area contributed by atoms with E-state index in [-0.39, 0.29) is 12.4 Å². The van der Waals surface area contributed by atoms with E-state index in [1.165, 1.54) is 4.90 Å². The summed E-state index contributed by atoms with van der Waals surface area (Å²) in [5, 5.41) is 13.6. The molecule has 6 nitrogen and oxygen atoms in total. The first kappa shape index (κ1) is 14.4. The molecule has 3 rings (SSSR count). The van der Waals surface area contributed by atoms with Crippen molar-refractivity contribution in [1.82, 2.24) is 14.7 Å². The summed E-state index contributed by atoms with van der Waals surface area (Å²) in [5.41, 5.74) is 9.69. The van der Waals surface area contributed by atoms with Crippen LogP contribution < -0.4 is 5.73 Å². The number of amides is 1. The van der Waals surface area contributed by atoms with E-state index < -0.39 is 6.09 Å². The summed E-state index contributed by atoms with van der Waals surface area (Å²) in [6.45, 7) is 4.46. The number of nitrogens with zero attached hydrogens (tertiary/aromatic N) is 3. The number of aryl methyl sites for hydroxylation is 2. The smallest absolute Gasteiger partial charge is 0.407 e. The van der Waals surface area contributed by atoms with Crippen LogP contribution in [-0.4, -0.2) is 32.4 Å². The standard InChI is InChI=1S/C15H17FN4O2/c1-8-5-10(6-9(2)12(8)16)14-13(17)11-7-19(15(21)22)3-4-20(11)18-14/h5-6H,3-4,7,17H2,1-2H3,(H,21,22). The van der Waals surface area contributed by atoms with Crippen LogP contribution in [0.4, 0.5) is 14.9 Å². The van der Waals surface area contributed by atoms with Crippen molar-refractivity contribution < 1.29 is 14.3 Å². The van der Waals surface area contributed by atoms with Crippen molar-refractivity contribution in [2.75, 3.05) is 12.3 Å². The Balaban J connectivity index is 2.06. The summed E-state index contributed by atoms with van der Waals surface area (Å²) in [6, 6.07) is 3.42. The second kappa shape index (κ2) is 5.01. The first-order valence-electron chi connectivity index (χ1n) is 6.98. The Morgan fingerprint density at radius 2 is 1.95 bits per heavy atom. The fraction of sp³-hybridized carbons (Fsp3) is 0.333. The lowest BCUT2D eigenvalue weighted by molar-refractivity contribution is 0.131. The molecule has 7 heteroatoms. The maximum atomic E-state index is 13.8. The van der Waals surface area contributed by atoms with Gasteiger partial charge in [-0.05, 0) is 37.1 Å². The van der Waals surface area contributed by atoms with E-state index in [9.17, 15) is 9.18 Å². The second-order valence-electron chi connectivity index (χ2n) is 5.56. The van der Waals surface area contributed by atoms with Crippen LogP contribution in [0, 0.1) is 19.7 Å². The van der Waals surface area contributed by atoms with Gasteiger partial charge in [0.05, 0.1) is 24.5 Å². The molecule has 2 aromatic rings. The van der Waals surface area contributed by atoms with Crippen LogP contribution in [0.2, 0.25) is 0 Å². The molecule has 1 amide bonds. The number of anilines is 1. The zero-order valence-corrected chi connectivity index (χ0v) is 12.4. The van der Waals surface area contributed by atoms with E-state index >= 15 is 0 Å². The van der Waals surface area contributed by atoms with Crippen molar-refractivity contribution in [1.29, 1.82) is 0 Å². The third-order valence-corrected chi connectivity index (χ3v) is 4.00. The van der Waals surface area contributed by atoms with Gasteiger partial charge >= 0.3 is 6.09 Å². The van der Waals surface area contributed by atoms with Crippen molar-refractivity contribution in [3.63, 3.8) is 0 Å². The van der Waals surface area contributed by atoms with Gasteiger partial charge in [0.1, 0.15) is 11.5 Å². The van der Waals surface area contributed by atoms with Gasteiger partial charge in [0.2, 0.25) is 0 Å². The van der Waals surface area contributed by atoms with E-state index in [0.29, 0.717) is 41.3 Å². The lowest BCUT2D eigenvalue weighted by atomic mass is 10.0. The number of hydrogen-bond donors (Lipinski definition) is 2. The molecule has 0 saturated carbocycles. The number of aromatic nitrogens is 2. The fourth-order valence-corrected chi connectivity index (χ4v) is 2.80. The normalized spacial score (nSPS) is 14.0. The monoisotopic (exact) mass is 304 g/mol. The zero-order chi connectivity index (χ0) is 16.0. The average Bonchev–Trinajstić information content (AvgIpc) is 2.81. The number of benzene rings is 1. The number of fused-ring (bicyclic) bond motifs is 1. The van der Waals surface area contributed by atoms with Crippen LogP contribution in [0.1, 0.15) is 16.8 Å². The average molecular weight is 304 g/mol. The van der Waals surface area contributed by atoms with Gasteiger partial charge in [-0.15, -0.1) is 0 Å². The van der Waals surface area contributed by atoms with Crippen LogP contribution in [0.5, 0.6) is 0 Å². The molecule has 0 radical (unpaired) electrons. The molecule has 0 fully saturated rings. The molecule has 116 valence electrons. The van der Waals surface area contributed by atoms with Crippen molar-refractivity contribution in [3.8, 4) is 11.3 Å². The third kappa shape index (κ3) is 2.18. The summed E-state index contributed by atoms with van der Waals surface area (Å²) < 4.78 is 15.5. The zero-order valence-electron chi connectivity index (χ0n) is 12.4. The van der Waals surface area contributed by atoms with E-state index in [0.717, 1.165) is 5.56 Å². The highest BCUT2D eigenvalue weighted by Gasteiger charge is 2.26. The van der Waals surface area contributed by atoms with E-state index in [2.05, 4.69) is 5.10 Å². The highest BCUT2D eigenvalue weighted by Crippen LogP contribution is 2.32. The number of carboxylic acid groups (broad SMARTS) is 1. The van der Waals surface area contributed by atoms with Gasteiger partial charge in [-0.25, -0.2) is 9.18 Å². The molecule has 0 spiro atoms. The SMILES string of the molecule is Cc1cc(-c2nn3c(c2N)CN(C(=O)O)CC3)cc(C)c1F. The molecule has 0 saturated heterocycles. The summed E-state index contributed by atoms with van der Waals surface area (Å²) in [7, 11) is 0. The molecule has 1 aliphatic heterocycles. The van der Waals surface area contributed by atoms with Gasteiger partial charge < -0.3 is 15.7 Å². The van der Waals surface area contributed by atoms with Gasteiger partial charge in [-0.1, -0.05) is 0 Å². The summed E-state index contributed by atoms with van der Waals surface area (Å²) in [6.07, 6.45) is -0.970. The van der Waals surface area contributed by atoms with E-state index in [4.69, 9.17) is 10.8 Å². The molecular formula is C15H17FN4O2. The van der Waals surface area contributed by atoms with Gasteiger partial charge in [-0.3, -0.25) is 4.68 Å². The number of nitrogens with two attached hydrogens (primary N) is 1. The predicted molar refractivity (Wildman–Crippen MR) is 79.9 cm³/mol. The molecule has 0 aliphatic carbocycles. The highest BCUT2D eigenvalue weighted by atomic mass is 19.1. The van der Waals surface area contributed by atoms with Crippen LogP contribution >= 0.6 is 0 Å². The Labute approximate surface area is 127 Å². The van der Waals surface area contributed by atoms with Gasteiger partial charge in [-0.2, -0.15) is 5.10 Å². The molecule has 3 N–H and O–H groups in total. The molecule has 2 heterocycles. The molecular weight excluding hydrogens is 287 g/mol. The summed E-state index contributed by atoms with van der Waals surface area (Å²) in [5.74, 6) is -0.233. The van der Waals surface area contributed by atoms with Crippen LogP contribution in [0.25, 0.3) is 11.3 Å². The third-order valence-electron chi connectivity index (χ3n) is 4.00. The predicted octanol–water partition coefficient (Wildman–Crippen LogP) is 2.38. The number of carbonyl (C=O) groups is 1. The molecule has 1 aliphatic rings. The van der Waals surface area contributed by atoms with Crippen molar-refractivity contribution in [2.45, 2.75) is 26.9 Å². The fourth-order valence-electron chi connectivity index (χ4n) is 2.80. The first-order chi connectivity index (χ1) is 10.4. The molecule has 0 unspecified atom stereocenters. The minimum atomic E-state index is -0.970. The Kier molecular flexibility index (Phi) is 3.27. The Bertz CT molecular complexity index is 746. The van der Waals surface area contributed by atoms with Gasteiger partial charge in [0.15, 0.2) is 0 Å². The largest absolute Gasteiger partial charge is 0.465 e. The summed E-state index contributed by atoms with van der Waals surface area (Å²) >= 11 is 0. The Hall–Kier alpha value is -2.57. The molecule has 1 aromatic carbocycles. The lowest BCUT2D eigenvalue weighted by Crippen LogP contribution is -2.37. The molecule has 0 bridgehead atoms. The quantitative estimate of drug-likeness (QED) is 0.847. The number of nitrogen functional groups attached to an aromatic ring is 1. The van der Waals surface area contributed by atoms with Crippen LogP contribution in [0.15, 0.2) is 12.1 Å². The second-order valence-corrected chi connectivity index (χ2v) is 5.56. The number of rotatable bonds is 1. The lowest BCUT2D eigenvalue weighted by Gasteiger charge is -2.25. The van der Waals surface area contributed by atoms with Crippen molar-refractivity contribution in [2.24, 2.45) is 0 Å². The highest BCUT2D eigenvalue weighted by molar-refractivity contribution is 5.76. The first-order valence-corrected chi connectivity index (χ1v) is 6.98. The van der Waals surface area contributed by atoms with Crippen LogP contribution in [-0.2, 0) is 13.1 Å². The number of hydrogen-bond acceptors (Lipinski definition) is 3. The van der Waals surface area contributed by atoms with Crippen molar-refractivity contribution in [3.05, 3.63) is 34.8 Å². The van der Waals surface area contributed by atoms with E-state index in [1.807, 2.05) is 0 Å². The van der Waals surface area contributed by atoms with Crippen molar-refractivity contribution >= 4 is 11.8 Å². The topological polar surface area (TPSA) is 84.4 Å². The molecule has 22 heavy (non-hydrogen) atoms. The maximum Gasteiger partial charge on any atom is 0.407 e. The Morgan fingerprint density at radius 1 is 1.32 bits per heavy atom. The molecule has 0 atom stereocenters. The minimum absolute atomic E-state index is 0.216. The summed E-state index contributed by atoms with van der Waals surface area (Å²) in [4.78, 5) is 12.4. The maximum absolute atomic E-state index is 13.8. The van der Waals surface area contributed by atoms with Gasteiger partial charge in [0, 0.05) is 12.1 Å². The molecule has 1 aromatic heterocycles. The number of halogens is 1. The van der Waals surface area contributed by atoms with Crippen LogP contribution in [0.3, 0.4) is 0 Å². The van der Waals surface area contributed by atoms with E-state index in [1.54, 1.807) is 30.7 Å². The minimum Gasteiger partial charge on any atom is -0.465 e. The van der Waals surface area contributed by atoms with Gasteiger partial charge in [0.25, 0.3) is 0 Å². The Morgan fingerprint density at radius 3 is 2.55 bits per heavy atom.